The van der Waals surface area contributed by atoms with Gasteiger partial charge >= 0.3 is 0 Å². The van der Waals surface area contributed by atoms with E-state index < -0.39 is 0 Å². The third-order valence-corrected chi connectivity index (χ3v) is 11.6. The van der Waals surface area contributed by atoms with Gasteiger partial charge in [-0.15, -0.1) is 0 Å². The summed E-state index contributed by atoms with van der Waals surface area (Å²) in [5.74, 6) is 0. The predicted molar refractivity (Wildman–Crippen MR) is 224 cm³/mol. The fraction of sp³-hybridized carbons (Fsp3) is 0.125. The second-order valence-corrected chi connectivity index (χ2v) is 14.7. The minimum Gasteiger partial charge on any atom is -0.355 e. The first kappa shape index (κ1) is 29.7. The van der Waals surface area contributed by atoms with E-state index in [0.29, 0.717) is 0 Å². The average Bonchev–Trinajstić information content (AvgIpc) is 3.82. The van der Waals surface area contributed by atoms with Crippen molar-refractivity contribution >= 4 is 89.5 Å². The number of para-hydroxylation sites is 5. The first-order valence-electron chi connectivity index (χ1n) is 18.8. The molecule has 52 heavy (non-hydrogen) atoms. The van der Waals surface area contributed by atoms with Crippen LogP contribution in [0.3, 0.4) is 0 Å². The molecule has 0 unspecified atom stereocenters. The van der Waals surface area contributed by atoms with Gasteiger partial charge in [0.05, 0.1) is 22.1 Å². The van der Waals surface area contributed by atoms with Gasteiger partial charge in [0.25, 0.3) is 0 Å². The normalized spacial score (nSPS) is 12.5. The van der Waals surface area contributed by atoms with Gasteiger partial charge in [-0.05, 0) is 78.3 Å². The number of benzene rings is 7. The molecule has 0 amide bonds. The number of aryl methyl sites for hydroxylation is 2. The zero-order valence-electron chi connectivity index (χ0n) is 29.5. The lowest BCUT2D eigenvalue weighted by Gasteiger charge is -2.26. The highest BCUT2D eigenvalue weighted by molar-refractivity contribution is 6.73. The van der Waals surface area contributed by atoms with Gasteiger partial charge in [-0.3, -0.25) is 0 Å². The number of aromatic nitrogens is 2. The standard InChI is InChI=1S/C48H37BN3/c1-3-4-5-15-30-27-36(46-43(28-30)52-41-24-11-8-17-32(41)34-19-13-21-37(49-46)48(34)52)44-39(50-38-22-9-6-14-29(38)2)25-26-42-45(44)35-20-12-18-33-31-16-7-10-23-40(31)51(42)47(33)35/h6-14,16-28,50H,3-5,15H2,1-2H3. The van der Waals surface area contributed by atoms with E-state index in [9.17, 15) is 0 Å². The van der Waals surface area contributed by atoms with E-state index in [1.807, 2.05) is 0 Å². The number of fused-ring (bicyclic) bond motifs is 11. The summed E-state index contributed by atoms with van der Waals surface area (Å²) < 4.78 is 5.06. The van der Waals surface area contributed by atoms with E-state index in [4.69, 9.17) is 0 Å². The van der Waals surface area contributed by atoms with E-state index in [1.165, 1.54) is 118 Å². The summed E-state index contributed by atoms with van der Waals surface area (Å²) in [4.78, 5) is 0. The molecule has 7 aromatic carbocycles. The largest absolute Gasteiger partial charge is 0.355 e. The van der Waals surface area contributed by atoms with Crippen LogP contribution >= 0.6 is 0 Å². The molecule has 247 valence electrons. The van der Waals surface area contributed by atoms with Crippen LogP contribution in [-0.4, -0.2) is 16.2 Å². The van der Waals surface area contributed by atoms with Crippen molar-refractivity contribution in [2.45, 2.75) is 39.5 Å². The maximum Gasteiger partial charge on any atom is 0.197 e. The van der Waals surface area contributed by atoms with Crippen LogP contribution in [0, 0.1) is 6.92 Å². The Hall–Kier alpha value is -6.00. The minimum atomic E-state index is 1.05. The van der Waals surface area contributed by atoms with E-state index in [2.05, 4.69) is 169 Å². The summed E-state index contributed by atoms with van der Waals surface area (Å²) in [5.41, 5.74) is 17.6. The van der Waals surface area contributed by atoms with Gasteiger partial charge in [-0.25, -0.2) is 0 Å². The Morgan fingerprint density at radius 2 is 1.31 bits per heavy atom. The van der Waals surface area contributed by atoms with Crippen molar-refractivity contribution in [3.05, 3.63) is 145 Å². The molecule has 0 spiro atoms. The quantitative estimate of drug-likeness (QED) is 0.133. The Bertz CT molecular complexity index is 3050. The molecular formula is C48H37BN3. The zero-order chi connectivity index (χ0) is 34.5. The topological polar surface area (TPSA) is 21.4 Å². The Kier molecular flexibility index (Phi) is 6.43. The lowest BCUT2D eigenvalue weighted by molar-refractivity contribution is 0.717. The highest BCUT2D eigenvalue weighted by Gasteiger charge is 2.29. The van der Waals surface area contributed by atoms with Crippen LogP contribution in [0.1, 0.15) is 37.3 Å². The molecule has 1 N–H and O–H groups in total. The molecule has 0 atom stereocenters. The molecule has 1 aliphatic heterocycles. The van der Waals surface area contributed by atoms with Crippen LogP contribution in [0.25, 0.3) is 76.7 Å². The van der Waals surface area contributed by atoms with Gasteiger partial charge in [0.1, 0.15) is 0 Å². The monoisotopic (exact) mass is 666 g/mol. The third-order valence-electron chi connectivity index (χ3n) is 11.6. The second kappa shape index (κ2) is 11.3. The number of hydrogen-bond donors (Lipinski definition) is 1. The highest BCUT2D eigenvalue weighted by atomic mass is 15.0. The number of nitrogens with one attached hydrogen (secondary N) is 1. The lowest BCUT2D eigenvalue weighted by Crippen LogP contribution is -2.37. The fourth-order valence-electron chi connectivity index (χ4n) is 9.29. The minimum absolute atomic E-state index is 1.05. The van der Waals surface area contributed by atoms with E-state index in [-0.39, 0.29) is 0 Å². The molecule has 10 aromatic rings. The molecule has 3 nitrogen and oxygen atoms in total. The second-order valence-electron chi connectivity index (χ2n) is 14.7. The number of hydrogen-bond acceptors (Lipinski definition) is 1. The van der Waals surface area contributed by atoms with Crippen molar-refractivity contribution in [2.75, 3.05) is 5.32 Å². The average molecular weight is 667 g/mol. The molecule has 0 saturated carbocycles. The van der Waals surface area contributed by atoms with Crippen LogP contribution in [0.5, 0.6) is 0 Å². The van der Waals surface area contributed by atoms with Crippen LogP contribution in [0.4, 0.5) is 11.4 Å². The summed E-state index contributed by atoms with van der Waals surface area (Å²) in [6.45, 7) is 4.49. The van der Waals surface area contributed by atoms with Crippen LogP contribution in [-0.2, 0) is 6.42 Å². The van der Waals surface area contributed by atoms with E-state index in [0.717, 1.165) is 17.8 Å². The molecule has 4 heteroatoms. The van der Waals surface area contributed by atoms with Crippen molar-refractivity contribution in [2.24, 2.45) is 0 Å². The van der Waals surface area contributed by atoms with Gasteiger partial charge < -0.3 is 14.3 Å². The number of nitrogens with zero attached hydrogens (tertiary/aromatic N) is 2. The Morgan fingerprint density at radius 3 is 2.15 bits per heavy atom. The van der Waals surface area contributed by atoms with Gasteiger partial charge in [0.15, 0.2) is 7.28 Å². The van der Waals surface area contributed by atoms with Gasteiger partial charge in [0, 0.05) is 60.5 Å². The summed E-state index contributed by atoms with van der Waals surface area (Å²) in [6, 6.07) is 49.8. The molecular weight excluding hydrogens is 629 g/mol. The van der Waals surface area contributed by atoms with Gasteiger partial charge in [0.2, 0.25) is 0 Å². The summed E-state index contributed by atoms with van der Waals surface area (Å²) in [7, 11) is 2.46. The molecule has 0 bridgehead atoms. The number of anilines is 2. The summed E-state index contributed by atoms with van der Waals surface area (Å²) in [5, 5.41) is 11.8. The number of rotatable bonds is 7. The number of unbranched alkanes of at least 4 members (excludes halogenated alkanes) is 2. The SMILES string of the molecule is CCCCCc1cc(-c2c(Nc3ccccc3C)ccc3c2c2cccc4c5ccccc5n3c42)c2c(c1)-n1c3ccccc3c3cccc(c31)[B]2. The summed E-state index contributed by atoms with van der Waals surface area (Å²) in [6.07, 6.45) is 4.65. The Balaban J connectivity index is 1.29. The van der Waals surface area contributed by atoms with Gasteiger partial charge in [-0.2, -0.15) is 0 Å². The van der Waals surface area contributed by atoms with E-state index >= 15 is 0 Å². The smallest absolute Gasteiger partial charge is 0.197 e. The highest BCUT2D eigenvalue weighted by Crippen LogP contribution is 2.46. The van der Waals surface area contributed by atoms with Crippen molar-refractivity contribution in [1.82, 2.24) is 8.97 Å². The maximum absolute atomic E-state index is 3.97. The maximum atomic E-state index is 3.97. The molecule has 0 saturated heterocycles. The van der Waals surface area contributed by atoms with Crippen LogP contribution in [0.2, 0.25) is 0 Å². The van der Waals surface area contributed by atoms with E-state index in [1.54, 1.807) is 0 Å². The molecule has 0 fully saturated rings. The van der Waals surface area contributed by atoms with Crippen molar-refractivity contribution in [3.63, 3.8) is 0 Å². The molecule has 4 heterocycles. The molecule has 11 rings (SSSR count). The van der Waals surface area contributed by atoms with Crippen molar-refractivity contribution in [3.8, 4) is 16.8 Å². The predicted octanol–water partition coefficient (Wildman–Crippen LogP) is 11.4. The zero-order valence-corrected chi connectivity index (χ0v) is 29.5. The molecule has 1 aliphatic rings. The Morgan fingerprint density at radius 1 is 0.596 bits per heavy atom. The lowest BCUT2D eigenvalue weighted by atomic mass is 9.58. The van der Waals surface area contributed by atoms with Gasteiger partial charge in [-0.1, -0.05) is 122 Å². The Labute approximate surface area is 303 Å². The van der Waals surface area contributed by atoms with Crippen LogP contribution < -0.4 is 16.2 Å². The summed E-state index contributed by atoms with van der Waals surface area (Å²) >= 11 is 0. The first-order valence-corrected chi connectivity index (χ1v) is 18.8. The molecule has 1 radical (unpaired) electrons. The van der Waals surface area contributed by atoms with Crippen LogP contribution in [0.15, 0.2) is 133 Å². The van der Waals surface area contributed by atoms with Crippen molar-refractivity contribution in [1.29, 1.82) is 0 Å². The third kappa shape index (κ3) is 4.09. The first-order chi connectivity index (χ1) is 25.7. The molecule has 0 aliphatic carbocycles. The fourth-order valence-corrected chi connectivity index (χ4v) is 9.29. The van der Waals surface area contributed by atoms with Crippen molar-refractivity contribution < 1.29 is 0 Å². The molecule has 3 aromatic heterocycles.